The molecule has 0 heterocycles. The third-order valence-corrected chi connectivity index (χ3v) is 4.39. The van der Waals surface area contributed by atoms with Gasteiger partial charge in [0.2, 0.25) is 0 Å². The van der Waals surface area contributed by atoms with Gasteiger partial charge in [0.15, 0.2) is 6.61 Å². The first-order valence-corrected chi connectivity index (χ1v) is 9.68. The number of rotatable bonds is 8. The molecule has 0 saturated heterocycles. The Hall–Kier alpha value is -3.84. The third kappa shape index (κ3) is 6.32. The van der Waals surface area contributed by atoms with E-state index in [2.05, 4.69) is 15.8 Å². The van der Waals surface area contributed by atoms with Gasteiger partial charge in [-0.2, -0.15) is 5.10 Å². The summed E-state index contributed by atoms with van der Waals surface area (Å²) in [4.78, 5) is 24.4. The number of anilines is 1. The molecule has 31 heavy (non-hydrogen) atoms. The number of hydrogen-bond donors (Lipinski definition) is 2. The normalized spacial score (nSPS) is 10.5. The Morgan fingerprint density at radius 1 is 0.968 bits per heavy atom. The maximum absolute atomic E-state index is 12.3. The molecule has 0 aliphatic carbocycles. The first-order valence-electron chi connectivity index (χ1n) is 9.30. The van der Waals surface area contributed by atoms with Crippen molar-refractivity contribution in [3.8, 4) is 11.5 Å². The molecular weight excluding hydrogens is 418 g/mol. The lowest BCUT2D eigenvalue weighted by atomic mass is 10.2. The van der Waals surface area contributed by atoms with Crippen LogP contribution in [-0.4, -0.2) is 31.7 Å². The Balaban J connectivity index is 1.58. The molecule has 0 fully saturated rings. The van der Waals surface area contributed by atoms with Gasteiger partial charge < -0.3 is 14.8 Å². The number of benzene rings is 3. The van der Waals surface area contributed by atoms with Crippen LogP contribution in [0.4, 0.5) is 5.69 Å². The van der Waals surface area contributed by atoms with Gasteiger partial charge in [-0.25, -0.2) is 5.43 Å². The molecule has 0 bridgehead atoms. The number of hydrazone groups is 1. The number of amides is 2. The second kappa shape index (κ2) is 10.8. The molecule has 3 rings (SSSR count). The molecule has 8 heteroatoms. The standard InChI is InChI=1S/C23H20ClN3O4/c1-30-21-9-5-3-7-19(21)26-22(28)15-31-20-8-4-2-6-17(20)14-25-27-23(29)16-10-12-18(24)13-11-16/h2-14H,15H2,1H3,(H,26,28)(H,27,29)/b25-14+. The molecule has 0 unspecified atom stereocenters. The van der Waals surface area contributed by atoms with E-state index >= 15 is 0 Å². The van der Waals surface area contributed by atoms with E-state index in [1.165, 1.54) is 13.3 Å². The molecule has 3 aromatic rings. The monoisotopic (exact) mass is 437 g/mol. The zero-order chi connectivity index (χ0) is 22.1. The van der Waals surface area contributed by atoms with Crippen LogP contribution in [0.3, 0.4) is 0 Å². The number of nitrogens with one attached hydrogen (secondary N) is 2. The lowest BCUT2D eigenvalue weighted by molar-refractivity contribution is -0.118. The maximum Gasteiger partial charge on any atom is 0.271 e. The highest BCUT2D eigenvalue weighted by Crippen LogP contribution is 2.23. The summed E-state index contributed by atoms with van der Waals surface area (Å²) in [6.45, 7) is -0.208. The van der Waals surface area contributed by atoms with Gasteiger partial charge in [0, 0.05) is 16.1 Å². The van der Waals surface area contributed by atoms with Crippen LogP contribution in [0.1, 0.15) is 15.9 Å². The van der Waals surface area contributed by atoms with Crippen LogP contribution in [0.25, 0.3) is 0 Å². The van der Waals surface area contributed by atoms with E-state index in [4.69, 9.17) is 21.1 Å². The van der Waals surface area contributed by atoms with E-state index in [0.29, 0.717) is 33.3 Å². The highest BCUT2D eigenvalue weighted by atomic mass is 35.5. The predicted octanol–water partition coefficient (Wildman–Crippen LogP) is 4.13. The maximum atomic E-state index is 12.3. The average Bonchev–Trinajstić information content (AvgIpc) is 2.79. The highest BCUT2D eigenvalue weighted by Gasteiger charge is 2.09. The van der Waals surface area contributed by atoms with Crippen molar-refractivity contribution in [1.82, 2.24) is 5.43 Å². The lowest BCUT2D eigenvalue weighted by Gasteiger charge is -2.11. The Kier molecular flexibility index (Phi) is 7.61. The van der Waals surface area contributed by atoms with Gasteiger partial charge in [0.25, 0.3) is 11.8 Å². The van der Waals surface area contributed by atoms with Crippen molar-refractivity contribution in [2.24, 2.45) is 5.10 Å². The van der Waals surface area contributed by atoms with Crippen molar-refractivity contribution < 1.29 is 19.1 Å². The zero-order valence-electron chi connectivity index (χ0n) is 16.7. The van der Waals surface area contributed by atoms with Gasteiger partial charge in [-0.15, -0.1) is 0 Å². The van der Waals surface area contributed by atoms with Crippen LogP contribution in [0.15, 0.2) is 77.9 Å². The minimum absolute atomic E-state index is 0.208. The molecule has 0 spiro atoms. The summed E-state index contributed by atoms with van der Waals surface area (Å²) >= 11 is 5.82. The van der Waals surface area contributed by atoms with E-state index < -0.39 is 0 Å². The van der Waals surface area contributed by atoms with Crippen LogP contribution in [0.5, 0.6) is 11.5 Å². The minimum Gasteiger partial charge on any atom is -0.495 e. The quantitative estimate of drug-likeness (QED) is 0.409. The molecule has 0 aromatic heterocycles. The van der Waals surface area contributed by atoms with Crippen molar-refractivity contribution in [3.05, 3.63) is 88.9 Å². The van der Waals surface area contributed by atoms with E-state index in [1.54, 1.807) is 66.7 Å². The van der Waals surface area contributed by atoms with Crippen molar-refractivity contribution in [3.63, 3.8) is 0 Å². The van der Waals surface area contributed by atoms with Crippen LogP contribution in [0, 0.1) is 0 Å². The molecule has 158 valence electrons. The summed E-state index contributed by atoms with van der Waals surface area (Å²) in [5.41, 5.74) is 4.03. The SMILES string of the molecule is COc1ccccc1NC(=O)COc1ccccc1/C=N/NC(=O)c1ccc(Cl)cc1. The van der Waals surface area contributed by atoms with E-state index in [9.17, 15) is 9.59 Å². The second-order valence-corrected chi connectivity index (χ2v) is 6.72. The highest BCUT2D eigenvalue weighted by molar-refractivity contribution is 6.30. The summed E-state index contributed by atoms with van der Waals surface area (Å²) < 4.78 is 10.8. The number of ether oxygens (including phenoxy) is 2. The largest absolute Gasteiger partial charge is 0.495 e. The van der Waals surface area contributed by atoms with Gasteiger partial charge in [-0.3, -0.25) is 9.59 Å². The Bertz CT molecular complexity index is 1080. The van der Waals surface area contributed by atoms with Crippen LogP contribution >= 0.6 is 11.6 Å². The van der Waals surface area contributed by atoms with Crippen molar-refractivity contribution >= 4 is 35.3 Å². The summed E-state index contributed by atoms with van der Waals surface area (Å²) in [6, 6.07) is 20.6. The average molecular weight is 438 g/mol. The van der Waals surface area contributed by atoms with Crippen molar-refractivity contribution in [2.75, 3.05) is 19.0 Å². The summed E-state index contributed by atoms with van der Waals surface area (Å²) in [7, 11) is 1.53. The number of nitrogens with zero attached hydrogens (tertiary/aromatic N) is 1. The van der Waals surface area contributed by atoms with E-state index in [0.717, 1.165) is 0 Å². The van der Waals surface area contributed by atoms with Gasteiger partial charge in [0.1, 0.15) is 11.5 Å². The number of para-hydroxylation sites is 3. The predicted molar refractivity (Wildman–Crippen MR) is 120 cm³/mol. The van der Waals surface area contributed by atoms with Gasteiger partial charge in [-0.05, 0) is 48.5 Å². The first kappa shape index (κ1) is 21.9. The second-order valence-electron chi connectivity index (χ2n) is 6.28. The molecule has 7 nitrogen and oxygen atoms in total. The molecule has 3 aromatic carbocycles. The zero-order valence-corrected chi connectivity index (χ0v) is 17.4. The van der Waals surface area contributed by atoms with Gasteiger partial charge in [-0.1, -0.05) is 35.9 Å². The van der Waals surface area contributed by atoms with E-state index in [1.807, 2.05) is 6.07 Å². The summed E-state index contributed by atoms with van der Waals surface area (Å²) in [5, 5.41) is 7.25. The topological polar surface area (TPSA) is 89.0 Å². The van der Waals surface area contributed by atoms with Gasteiger partial charge in [0.05, 0.1) is 19.0 Å². The third-order valence-electron chi connectivity index (χ3n) is 4.13. The molecule has 0 saturated carbocycles. The number of methoxy groups -OCH3 is 1. The molecule has 0 atom stereocenters. The summed E-state index contributed by atoms with van der Waals surface area (Å²) in [6.07, 6.45) is 1.45. The van der Waals surface area contributed by atoms with Crippen LogP contribution in [0.2, 0.25) is 5.02 Å². The fraction of sp³-hybridized carbons (Fsp3) is 0.0870. The molecule has 2 amide bonds. The molecule has 0 aliphatic rings. The fourth-order valence-corrected chi connectivity index (χ4v) is 2.75. The molecule has 0 radical (unpaired) electrons. The Labute approximate surface area is 184 Å². The van der Waals surface area contributed by atoms with Gasteiger partial charge >= 0.3 is 0 Å². The number of halogens is 1. The lowest BCUT2D eigenvalue weighted by Crippen LogP contribution is -2.21. The first-order chi connectivity index (χ1) is 15.1. The molecule has 2 N–H and O–H groups in total. The van der Waals surface area contributed by atoms with E-state index in [-0.39, 0.29) is 18.4 Å². The Morgan fingerprint density at radius 2 is 1.65 bits per heavy atom. The summed E-state index contributed by atoms with van der Waals surface area (Å²) in [5.74, 6) is 0.289. The molecular formula is C23H20ClN3O4. The number of carbonyl (C=O) groups is 2. The van der Waals surface area contributed by atoms with Crippen molar-refractivity contribution in [1.29, 1.82) is 0 Å². The van der Waals surface area contributed by atoms with Crippen LogP contribution in [-0.2, 0) is 4.79 Å². The van der Waals surface area contributed by atoms with Crippen molar-refractivity contribution in [2.45, 2.75) is 0 Å². The van der Waals surface area contributed by atoms with Crippen LogP contribution < -0.4 is 20.2 Å². The number of carbonyl (C=O) groups excluding carboxylic acids is 2. The number of hydrogen-bond acceptors (Lipinski definition) is 5. The Morgan fingerprint density at radius 3 is 2.39 bits per heavy atom. The minimum atomic E-state index is -0.373. The fourth-order valence-electron chi connectivity index (χ4n) is 2.62. The molecule has 0 aliphatic heterocycles. The smallest absolute Gasteiger partial charge is 0.271 e.